The van der Waals surface area contributed by atoms with Crippen molar-refractivity contribution in [3.8, 4) is 0 Å². The SMILES string of the molecule is CCN1C[C@@H]2C[C@]2(c2ccc(F)c(Cl)c2)C1. The van der Waals surface area contributed by atoms with Crippen LogP contribution in [0.1, 0.15) is 18.9 Å². The van der Waals surface area contributed by atoms with Crippen molar-refractivity contribution in [2.45, 2.75) is 18.8 Å². The van der Waals surface area contributed by atoms with E-state index in [0.29, 0.717) is 0 Å². The van der Waals surface area contributed by atoms with E-state index in [1.165, 1.54) is 24.6 Å². The molecule has 0 bridgehead atoms. The highest BCUT2D eigenvalue weighted by molar-refractivity contribution is 6.30. The lowest BCUT2D eigenvalue weighted by atomic mass is 9.95. The molecule has 0 spiro atoms. The Bertz CT molecular complexity index is 434. The lowest BCUT2D eigenvalue weighted by Gasteiger charge is -2.19. The number of rotatable bonds is 2. The summed E-state index contributed by atoms with van der Waals surface area (Å²) >= 11 is 5.85. The largest absolute Gasteiger partial charge is 0.302 e. The first-order valence-electron chi connectivity index (χ1n) is 5.83. The van der Waals surface area contributed by atoms with E-state index < -0.39 is 0 Å². The zero-order chi connectivity index (χ0) is 11.3. The first-order valence-corrected chi connectivity index (χ1v) is 6.21. The summed E-state index contributed by atoms with van der Waals surface area (Å²) in [5.41, 5.74) is 1.51. The van der Waals surface area contributed by atoms with Crippen molar-refractivity contribution in [1.29, 1.82) is 0 Å². The quantitative estimate of drug-likeness (QED) is 0.767. The van der Waals surface area contributed by atoms with Crippen LogP contribution in [-0.2, 0) is 5.41 Å². The minimum Gasteiger partial charge on any atom is -0.302 e. The van der Waals surface area contributed by atoms with E-state index in [-0.39, 0.29) is 16.3 Å². The summed E-state index contributed by atoms with van der Waals surface area (Å²) in [6.45, 7) is 5.59. The van der Waals surface area contributed by atoms with Gasteiger partial charge in [0.25, 0.3) is 0 Å². The fourth-order valence-corrected chi connectivity index (χ4v) is 3.26. The molecule has 1 aromatic carbocycles. The standard InChI is InChI=1S/C13H15ClFN/c1-2-16-7-10-6-13(10,8-16)9-3-4-12(15)11(14)5-9/h3-5,10H,2,6-8H2,1H3/t10-,13+/m0/s1. The van der Waals surface area contributed by atoms with Gasteiger partial charge in [-0.3, -0.25) is 0 Å². The van der Waals surface area contributed by atoms with Gasteiger partial charge in [0.15, 0.2) is 0 Å². The molecule has 2 aliphatic rings. The van der Waals surface area contributed by atoms with E-state index in [4.69, 9.17) is 11.6 Å². The van der Waals surface area contributed by atoms with E-state index in [9.17, 15) is 4.39 Å². The maximum absolute atomic E-state index is 13.1. The molecule has 2 fully saturated rings. The Kier molecular flexibility index (Phi) is 2.27. The number of fused-ring (bicyclic) bond motifs is 1. The first kappa shape index (κ1) is 10.5. The molecule has 1 aliphatic heterocycles. The Morgan fingerprint density at radius 3 is 3.00 bits per heavy atom. The van der Waals surface area contributed by atoms with Crippen LogP contribution < -0.4 is 0 Å². The summed E-state index contributed by atoms with van der Waals surface area (Å²) in [4.78, 5) is 2.46. The molecule has 1 aromatic rings. The molecule has 1 aliphatic carbocycles. The van der Waals surface area contributed by atoms with Crippen molar-refractivity contribution in [1.82, 2.24) is 4.90 Å². The van der Waals surface area contributed by atoms with E-state index in [1.54, 1.807) is 0 Å². The number of benzene rings is 1. The molecule has 0 unspecified atom stereocenters. The van der Waals surface area contributed by atoms with Crippen molar-refractivity contribution in [2.75, 3.05) is 19.6 Å². The Morgan fingerprint density at radius 1 is 1.56 bits per heavy atom. The van der Waals surface area contributed by atoms with E-state index in [1.807, 2.05) is 12.1 Å². The summed E-state index contributed by atoms with van der Waals surface area (Å²) in [6, 6.07) is 5.22. The van der Waals surface area contributed by atoms with Gasteiger partial charge in [-0.05, 0) is 36.6 Å². The fourth-order valence-electron chi connectivity index (χ4n) is 3.08. The normalized spacial score (nSPS) is 32.8. The van der Waals surface area contributed by atoms with Gasteiger partial charge in [0.05, 0.1) is 5.02 Å². The number of halogens is 2. The molecular formula is C13H15ClFN. The minimum atomic E-state index is -0.315. The number of nitrogens with zero attached hydrogens (tertiary/aromatic N) is 1. The molecule has 86 valence electrons. The zero-order valence-electron chi connectivity index (χ0n) is 9.34. The van der Waals surface area contributed by atoms with Crippen molar-refractivity contribution in [2.24, 2.45) is 5.92 Å². The molecule has 0 aromatic heterocycles. The second-order valence-electron chi connectivity index (χ2n) is 5.01. The third-order valence-electron chi connectivity index (χ3n) is 4.16. The van der Waals surface area contributed by atoms with Gasteiger partial charge in [-0.25, -0.2) is 4.39 Å². The second kappa shape index (κ2) is 3.44. The van der Waals surface area contributed by atoms with E-state index in [0.717, 1.165) is 19.0 Å². The molecule has 1 nitrogen and oxygen atoms in total. The highest BCUT2D eigenvalue weighted by Gasteiger charge is 2.60. The van der Waals surface area contributed by atoms with Gasteiger partial charge in [0.1, 0.15) is 5.82 Å². The van der Waals surface area contributed by atoms with Gasteiger partial charge >= 0.3 is 0 Å². The number of hydrogen-bond donors (Lipinski definition) is 0. The minimum absolute atomic E-state index is 0.257. The van der Waals surface area contributed by atoms with Crippen LogP contribution in [-0.4, -0.2) is 24.5 Å². The summed E-state index contributed by atoms with van der Waals surface area (Å²) in [7, 11) is 0. The van der Waals surface area contributed by atoms with E-state index in [2.05, 4.69) is 11.8 Å². The number of hydrogen-bond acceptors (Lipinski definition) is 1. The number of likely N-dealkylation sites (N-methyl/N-ethyl adjacent to an activating group) is 1. The van der Waals surface area contributed by atoms with Gasteiger partial charge in [-0.1, -0.05) is 24.6 Å². The second-order valence-corrected chi connectivity index (χ2v) is 5.42. The summed E-state index contributed by atoms with van der Waals surface area (Å²) < 4.78 is 13.1. The maximum atomic E-state index is 13.1. The van der Waals surface area contributed by atoms with Gasteiger partial charge in [-0.2, -0.15) is 0 Å². The summed E-state index contributed by atoms with van der Waals surface area (Å²) in [6.07, 6.45) is 1.24. The third kappa shape index (κ3) is 1.40. The van der Waals surface area contributed by atoms with Crippen molar-refractivity contribution in [3.63, 3.8) is 0 Å². The van der Waals surface area contributed by atoms with Crippen molar-refractivity contribution >= 4 is 11.6 Å². The van der Waals surface area contributed by atoms with Crippen molar-refractivity contribution < 1.29 is 4.39 Å². The Morgan fingerprint density at radius 2 is 2.38 bits per heavy atom. The molecule has 16 heavy (non-hydrogen) atoms. The number of piperidine rings is 1. The molecule has 1 heterocycles. The smallest absolute Gasteiger partial charge is 0.141 e. The molecule has 0 radical (unpaired) electrons. The van der Waals surface area contributed by atoms with Crippen LogP contribution in [0.3, 0.4) is 0 Å². The van der Waals surface area contributed by atoms with Crippen LogP contribution in [0, 0.1) is 11.7 Å². The van der Waals surface area contributed by atoms with Crippen LogP contribution in [0.4, 0.5) is 4.39 Å². The summed E-state index contributed by atoms with van der Waals surface area (Å²) in [5.74, 6) is 0.443. The van der Waals surface area contributed by atoms with Gasteiger partial charge in [-0.15, -0.1) is 0 Å². The highest BCUT2D eigenvalue weighted by Crippen LogP contribution is 2.59. The van der Waals surface area contributed by atoms with Crippen LogP contribution in [0.5, 0.6) is 0 Å². The van der Waals surface area contributed by atoms with Gasteiger partial charge in [0.2, 0.25) is 0 Å². The Hall–Kier alpha value is -0.600. The molecule has 1 saturated heterocycles. The molecule has 3 rings (SSSR count). The Labute approximate surface area is 100 Å². The first-order chi connectivity index (χ1) is 7.65. The third-order valence-corrected chi connectivity index (χ3v) is 4.45. The van der Waals surface area contributed by atoms with Gasteiger partial charge < -0.3 is 4.90 Å². The highest BCUT2D eigenvalue weighted by atomic mass is 35.5. The average Bonchev–Trinajstić information content (AvgIpc) is 2.86. The maximum Gasteiger partial charge on any atom is 0.141 e. The predicted molar refractivity (Wildman–Crippen MR) is 63.3 cm³/mol. The molecule has 1 saturated carbocycles. The van der Waals surface area contributed by atoms with Crippen LogP contribution >= 0.6 is 11.6 Å². The predicted octanol–water partition coefficient (Wildman–Crippen LogP) is 3.07. The average molecular weight is 240 g/mol. The summed E-state index contributed by atoms with van der Waals surface area (Å²) in [5, 5.41) is 0.257. The molecule has 0 N–H and O–H groups in total. The molecule has 2 atom stereocenters. The molecule has 3 heteroatoms. The van der Waals surface area contributed by atoms with Crippen LogP contribution in [0.25, 0.3) is 0 Å². The molecular weight excluding hydrogens is 225 g/mol. The zero-order valence-corrected chi connectivity index (χ0v) is 10.1. The van der Waals surface area contributed by atoms with Crippen LogP contribution in [0.15, 0.2) is 18.2 Å². The number of likely N-dealkylation sites (tertiary alicyclic amines) is 1. The van der Waals surface area contributed by atoms with Gasteiger partial charge in [0, 0.05) is 18.5 Å². The van der Waals surface area contributed by atoms with E-state index >= 15 is 0 Å². The lowest BCUT2D eigenvalue weighted by Crippen LogP contribution is -2.26. The fraction of sp³-hybridized carbons (Fsp3) is 0.538. The Balaban J connectivity index is 1.91. The van der Waals surface area contributed by atoms with Crippen LogP contribution in [0.2, 0.25) is 5.02 Å². The lowest BCUT2D eigenvalue weighted by molar-refractivity contribution is 0.314. The topological polar surface area (TPSA) is 3.24 Å². The molecule has 0 amide bonds. The van der Waals surface area contributed by atoms with Crippen molar-refractivity contribution in [3.05, 3.63) is 34.6 Å². The monoisotopic (exact) mass is 239 g/mol.